The summed E-state index contributed by atoms with van der Waals surface area (Å²) in [6.45, 7) is 0.662. The van der Waals surface area contributed by atoms with E-state index in [-0.39, 0.29) is 18.4 Å². The molecule has 2 amide bonds. The zero-order valence-electron chi connectivity index (χ0n) is 19.9. The molecule has 1 aliphatic heterocycles. The highest BCUT2D eigenvalue weighted by atomic mass is 16.5. The Balaban J connectivity index is 1.40. The highest BCUT2D eigenvalue weighted by Gasteiger charge is 2.34. The third kappa shape index (κ3) is 4.91. The molecule has 0 radical (unpaired) electrons. The fourth-order valence-corrected chi connectivity index (χ4v) is 4.17. The number of ether oxygens (including phenoxy) is 2. The van der Waals surface area contributed by atoms with Crippen LogP contribution in [0.4, 0.5) is 0 Å². The minimum atomic E-state index is -0.320. The molecule has 5 nitrogen and oxygen atoms in total. The van der Waals surface area contributed by atoms with Crippen molar-refractivity contribution in [2.45, 2.75) is 13.2 Å². The van der Waals surface area contributed by atoms with Crippen LogP contribution in [0.5, 0.6) is 11.5 Å². The Labute approximate surface area is 210 Å². The fourth-order valence-electron chi connectivity index (χ4n) is 4.17. The number of imide groups is 1. The maximum Gasteiger partial charge on any atom is 0.261 e. The molecule has 5 rings (SSSR count). The minimum Gasteiger partial charge on any atom is -0.497 e. The Hall–Kier alpha value is -4.64. The lowest BCUT2D eigenvalue weighted by Crippen LogP contribution is -2.41. The van der Waals surface area contributed by atoms with E-state index in [1.165, 1.54) is 4.90 Å². The third-order valence-corrected chi connectivity index (χ3v) is 6.11. The molecule has 1 heterocycles. The van der Waals surface area contributed by atoms with Crippen LogP contribution in [0.3, 0.4) is 0 Å². The molecule has 0 spiro atoms. The average Bonchev–Trinajstić information content (AvgIpc) is 2.94. The van der Waals surface area contributed by atoms with Gasteiger partial charge >= 0.3 is 0 Å². The molecule has 178 valence electrons. The number of methoxy groups -OCH3 is 1. The van der Waals surface area contributed by atoms with Crippen molar-refractivity contribution in [2.75, 3.05) is 7.11 Å². The van der Waals surface area contributed by atoms with Crippen molar-refractivity contribution in [1.82, 2.24) is 4.90 Å². The summed E-state index contributed by atoms with van der Waals surface area (Å²) in [4.78, 5) is 28.1. The summed E-state index contributed by atoms with van der Waals surface area (Å²) in [6, 6.07) is 32.2. The summed E-state index contributed by atoms with van der Waals surface area (Å²) in [5.41, 5.74) is 4.42. The molecule has 0 unspecified atom stereocenters. The van der Waals surface area contributed by atoms with Crippen LogP contribution in [0.25, 0.3) is 11.6 Å². The van der Waals surface area contributed by atoms with Crippen LogP contribution in [0, 0.1) is 0 Å². The first-order chi connectivity index (χ1) is 17.6. The van der Waals surface area contributed by atoms with Crippen LogP contribution < -0.4 is 9.47 Å². The van der Waals surface area contributed by atoms with Crippen molar-refractivity contribution in [3.05, 3.63) is 131 Å². The van der Waals surface area contributed by atoms with Gasteiger partial charge in [-0.1, -0.05) is 72.8 Å². The van der Waals surface area contributed by atoms with Crippen molar-refractivity contribution >= 4 is 23.5 Å². The zero-order valence-corrected chi connectivity index (χ0v) is 19.9. The summed E-state index contributed by atoms with van der Waals surface area (Å²) < 4.78 is 11.1. The van der Waals surface area contributed by atoms with Crippen LogP contribution in [0.2, 0.25) is 0 Å². The summed E-state index contributed by atoms with van der Waals surface area (Å²) in [5, 5.41) is 0. The second-order valence-electron chi connectivity index (χ2n) is 8.49. The molecule has 0 aliphatic carbocycles. The van der Waals surface area contributed by atoms with Gasteiger partial charge in [-0.25, -0.2) is 0 Å². The SMILES string of the molecule is COc1ccc(CN2C(=O)C(=Cc3ccc(OCc4ccccc4)cc3)c3ccccc3C2=O)cc1. The largest absolute Gasteiger partial charge is 0.497 e. The summed E-state index contributed by atoms with van der Waals surface area (Å²) in [6.07, 6.45) is 1.83. The van der Waals surface area contributed by atoms with Crippen molar-refractivity contribution in [1.29, 1.82) is 0 Å². The maximum atomic E-state index is 13.5. The standard InChI is InChI=1S/C31H25NO4/c1-35-25-15-13-23(14-16-25)20-32-30(33)28-10-6-5-9-27(28)29(31(32)34)19-22-11-17-26(18-12-22)36-21-24-7-3-2-4-8-24/h2-19H,20-21H2,1H3. The van der Waals surface area contributed by atoms with Gasteiger partial charge in [-0.15, -0.1) is 0 Å². The molecule has 36 heavy (non-hydrogen) atoms. The lowest BCUT2D eigenvalue weighted by Gasteiger charge is -2.29. The molecule has 0 atom stereocenters. The second-order valence-corrected chi connectivity index (χ2v) is 8.49. The highest BCUT2D eigenvalue weighted by Crippen LogP contribution is 2.32. The van der Waals surface area contributed by atoms with Crippen LogP contribution >= 0.6 is 0 Å². The maximum absolute atomic E-state index is 13.5. The van der Waals surface area contributed by atoms with Crippen molar-refractivity contribution in [3.63, 3.8) is 0 Å². The van der Waals surface area contributed by atoms with Gasteiger partial charge in [0.25, 0.3) is 11.8 Å². The first-order valence-electron chi connectivity index (χ1n) is 11.7. The van der Waals surface area contributed by atoms with Crippen LogP contribution in [-0.4, -0.2) is 23.8 Å². The van der Waals surface area contributed by atoms with E-state index in [0.717, 1.165) is 28.2 Å². The number of carbonyl (C=O) groups is 2. The molecule has 0 bridgehead atoms. The molecule has 5 heteroatoms. The Morgan fingerprint density at radius 1 is 0.667 bits per heavy atom. The van der Waals surface area contributed by atoms with E-state index < -0.39 is 0 Å². The van der Waals surface area contributed by atoms with Crippen LogP contribution in [0.1, 0.15) is 32.6 Å². The smallest absolute Gasteiger partial charge is 0.261 e. The van der Waals surface area contributed by atoms with Gasteiger partial charge < -0.3 is 9.47 Å². The number of nitrogens with zero attached hydrogens (tertiary/aromatic N) is 1. The Kier molecular flexibility index (Phi) is 6.63. The van der Waals surface area contributed by atoms with Crippen LogP contribution in [-0.2, 0) is 17.9 Å². The van der Waals surface area contributed by atoms with Crippen molar-refractivity contribution in [2.24, 2.45) is 0 Å². The fraction of sp³-hybridized carbons (Fsp3) is 0.0968. The van der Waals surface area contributed by atoms with E-state index in [1.54, 1.807) is 13.2 Å². The topological polar surface area (TPSA) is 55.8 Å². The number of rotatable bonds is 7. The monoisotopic (exact) mass is 475 g/mol. The minimum absolute atomic E-state index is 0.180. The van der Waals surface area contributed by atoms with E-state index in [1.807, 2.05) is 103 Å². The van der Waals surface area contributed by atoms with Gasteiger partial charge in [-0.2, -0.15) is 0 Å². The van der Waals surface area contributed by atoms with Gasteiger partial charge in [-0.05, 0) is 58.7 Å². The molecule has 0 aromatic heterocycles. The molecule has 4 aromatic carbocycles. The van der Waals surface area contributed by atoms with E-state index in [0.29, 0.717) is 23.3 Å². The van der Waals surface area contributed by atoms with E-state index in [9.17, 15) is 9.59 Å². The summed E-state index contributed by atoms with van der Waals surface area (Å²) in [7, 11) is 1.60. The predicted octanol–water partition coefficient (Wildman–Crippen LogP) is 6.00. The Morgan fingerprint density at radius 2 is 1.31 bits per heavy atom. The van der Waals surface area contributed by atoms with Crippen molar-refractivity contribution in [3.8, 4) is 11.5 Å². The van der Waals surface area contributed by atoms with Crippen molar-refractivity contribution < 1.29 is 19.1 Å². The third-order valence-electron chi connectivity index (χ3n) is 6.11. The number of amides is 2. The number of benzene rings is 4. The zero-order chi connectivity index (χ0) is 24.9. The van der Waals surface area contributed by atoms with Gasteiger partial charge in [0.1, 0.15) is 18.1 Å². The predicted molar refractivity (Wildman–Crippen MR) is 139 cm³/mol. The molecule has 0 N–H and O–H groups in total. The van der Waals surface area contributed by atoms with Gasteiger partial charge in [0.15, 0.2) is 0 Å². The second kappa shape index (κ2) is 10.3. The Morgan fingerprint density at radius 3 is 2.00 bits per heavy atom. The normalized spacial score (nSPS) is 14.0. The molecule has 0 saturated heterocycles. The molecular formula is C31H25NO4. The lowest BCUT2D eigenvalue weighted by atomic mass is 9.91. The quantitative estimate of drug-likeness (QED) is 0.243. The Bertz CT molecular complexity index is 1410. The molecule has 1 aliphatic rings. The van der Waals surface area contributed by atoms with E-state index >= 15 is 0 Å². The highest BCUT2D eigenvalue weighted by molar-refractivity contribution is 6.33. The van der Waals surface area contributed by atoms with Gasteiger partial charge in [0.2, 0.25) is 0 Å². The lowest BCUT2D eigenvalue weighted by molar-refractivity contribution is -0.123. The van der Waals surface area contributed by atoms with Gasteiger partial charge in [0.05, 0.1) is 13.7 Å². The first kappa shape index (κ1) is 23.1. The molecule has 0 saturated carbocycles. The summed E-state index contributed by atoms with van der Waals surface area (Å²) >= 11 is 0. The molecule has 0 fully saturated rings. The average molecular weight is 476 g/mol. The first-order valence-corrected chi connectivity index (χ1v) is 11.7. The molecule has 4 aromatic rings. The van der Waals surface area contributed by atoms with Gasteiger partial charge in [0, 0.05) is 11.1 Å². The van der Waals surface area contributed by atoms with Crippen LogP contribution in [0.15, 0.2) is 103 Å². The number of fused-ring (bicyclic) bond motifs is 1. The van der Waals surface area contributed by atoms with E-state index in [2.05, 4.69) is 0 Å². The summed E-state index contributed by atoms with van der Waals surface area (Å²) in [5.74, 6) is 0.844. The molecular weight excluding hydrogens is 450 g/mol. The number of hydrogen-bond donors (Lipinski definition) is 0. The number of carbonyl (C=O) groups excluding carboxylic acids is 2. The number of hydrogen-bond acceptors (Lipinski definition) is 4. The van der Waals surface area contributed by atoms with Gasteiger partial charge in [-0.3, -0.25) is 14.5 Å². The van der Waals surface area contributed by atoms with E-state index in [4.69, 9.17) is 9.47 Å².